The number of thiol groups is 1. The molecule has 1 rings (SSSR count). The van der Waals surface area contributed by atoms with Gasteiger partial charge < -0.3 is 10.6 Å². The van der Waals surface area contributed by atoms with Crippen LogP contribution < -0.4 is 10.6 Å². The monoisotopic (exact) mass is 330 g/mol. The second-order valence-electron chi connectivity index (χ2n) is 3.89. The molecule has 0 aliphatic rings. The molecular weight excluding hydrogens is 316 g/mol. The summed E-state index contributed by atoms with van der Waals surface area (Å²) in [6.45, 7) is 3.30. The van der Waals surface area contributed by atoms with Gasteiger partial charge in [-0.2, -0.15) is 12.6 Å². The maximum Gasteiger partial charge on any atom is 0.247 e. The molecule has 1 aromatic carbocycles. The second-order valence-corrected chi connectivity index (χ2v) is 5.11. The van der Waals surface area contributed by atoms with Gasteiger partial charge in [0.25, 0.3) is 0 Å². The summed E-state index contributed by atoms with van der Waals surface area (Å²) >= 11 is 7.44. The van der Waals surface area contributed by atoms with Crippen LogP contribution in [0.5, 0.6) is 0 Å². The van der Waals surface area contributed by atoms with Gasteiger partial charge in [0.15, 0.2) is 0 Å². The molecular formula is C12H15BrN2O2S. The van der Waals surface area contributed by atoms with E-state index in [2.05, 4.69) is 39.2 Å². The zero-order chi connectivity index (χ0) is 13.7. The number of nitrogens with one attached hydrogen (secondary N) is 2. The van der Waals surface area contributed by atoms with Crippen LogP contribution in [-0.4, -0.2) is 23.6 Å². The Morgan fingerprint density at radius 2 is 2.11 bits per heavy atom. The molecule has 0 heterocycles. The summed E-state index contributed by atoms with van der Waals surface area (Å²) in [7, 11) is 0. The number of carbonyl (C=O) groups excluding carboxylic acids is 2. The molecule has 98 valence electrons. The first-order valence-corrected chi connectivity index (χ1v) is 6.81. The van der Waals surface area contributed by atoms with Crippen LogP contribution in [0.1, 0.15) is 12.5 Å². The highest BCUT2D eigenvalue weighted by atomic mass is 79.9. The SMILES string of the molecule is CC(=O)NC(CS)C(=O)Nc1ccc(Br)c(C)c1. The van der Waals surface area contributed by atoms with Crippen molar-refractivity contribution in [1.82, 2.24) is 5.32 Å². The smallest absolute Gasteiger partial charge is 0.247 e. The molecule has 0 aliphatic heterocycles. The van der Waals surface area contributed by atoms with Crippen molar-refractivity contribution < 1.29 is 9.59 Å². The summed E-state index contributed by atoms with van der Waals surface area (Å²) in [6.07, 6.45) is 0. The number of hydrogen-bond donors (Lipinski definition) is 3. The third-order valence-electron chi connectivity index (χ3n) is 2.30. The van der Waals surface area contributed by atoms with Gasteiger partial charge in [-0.1, -0.05) is 15.9 Å². The van der Waals surface area contributed by atoms with E-state index in [1.165, 1.54) is 6.92 Å². The number of rotatable bonds is 4. The molecule has 18 heavy (non-hydrogen) atoms. The molecule has 2 amide bonds. The molecule has 0 fully saturated rings. The summed E-state index contributed by atoms with van der Waals surface area (Å²) < 4.78 is 0.980. The number of anilines is 1. The predicted octanol–water partition coefficient (Wildman–Crippen LogP) is 2.13. The highest BCUT2D eigenvalue weighted by molar-refractivity contribution is 9.10. The van der Waals surface area contributed by atoms with E-state index in [-0.39, 0.29) is 17.6 Å². The largest absolute Gasteiger partial charge is 0.344 e. The Labute approximate surface area is 120 Å². The lowest BCUT2D eigenvalue weighted by Crippen LogP contribution is -2.44. The van der Waals surface area contributed by atoms with Gasteiger partial charge in [0.2, 0.25) is 11.8 Å². The predicted molar refractivity (Wildman–Crippen MR) is 79.0 cm³/mol. The fourth-order valence-electron chi connectivity index (χ4n) is 1.39. The van der Waals surface area contributed by atoms with Crippen molar-refractivity contribution in [2.75, 3.05) is 11.1 Å². The van der Waals surface area contributed by atoms with Crippen LogP contribution in [0.4, 0.5) is 5.69 Å². The van der Waals surface area contributed by atoms with Gasteiger partial charge in [0.1, 0.15) is 6.04 Å². The Bertz CT molecular complexity index is 465. The van der Waals surface area contributed by atoms with Gasteiger partial charge in [-0.25, -0.2) is 0 Å². The first kappa shape index (κ1) is 15.0. The van der Waals surface area contributed by atoms with Gasteiger partial charge in [-0.05, 0) is 30.7 Å². The van der Waals surface area contributed by atoms with E-state index >= 15 is 0 Å². The van der Waals surface area contributed by atoms with E-state index in [4.69, 9.17) is 0 Å². The van der Waals surface area contributed by atoms with Gasteiger partial charge in [-0.3, -0.25) is 9.59 Å². The highest BCUT2D eigenvalue weighted by Crippen LogP contribution is 2.20. The minimum Gasteiger partial charge on any atom is -0.344 e. The Morgan fingerprint density at radius 1 is 1.44 bits per heavy atom. The van der Waals surface area contributed by atoms with Crippen molar-refractivity contribution in [2.45, 2.75) is 19.9 Å². The summed E-state index contributed by atoms with van der Waals surface area (Å²) in [5.41, 5.74) is 1.72. The van der Waals surface area contributed by atoms with E-state index in [9.17, 15) is 9.59 Å². The minimum atomic E-state index is -0.630. The molecule has 0 saturated heterocycles. The van der Waals surface area contributed by atoms with Gasteiger partial charge in [0, 0.05) is 22.8 Å². The van der Waals surface area contributed by atoms with Crippen LogP contribution in [0, 0.1) is 6.92 Å². The molecule has 2 N–H and O–H groups in total. The summed E-state index contributed by atoms with van der Waals surface area (Å²) in [6, 6.07) is 4.87. The number of aryl methyl sites for hydroxylation is 1. The summed E-state index contributed by atoms with van der Waals surface area (Å²) in [4.78, 5) is 22.8. The Kier molecular flexibility index (Phi) is 5.68. The topological polar surface area (TPSA) is 58.2 Å². The lowest BCUT2D eigenvalue weighted by Gasteiger charge is -2.15. The van der Waals surface area contributed by atoms with E-state index < -0.39 is 6.04 Å². The fraction of sp³-hybridized carbons (Fsp3) is 0.333. The van der Waals surface area contributed by atoms with Crippen LogP contribution >= 0.6 is 28.6 Å². The maximum absolute atomic E-state index is 11.9. The lowest BCUT2D eigenvalue weighted by atomic mass is 10.2. The van der Waals surface area contributed by atoms with E-state index in [1.54, 1.807) is 6.07 Å². The van der Waals surface area contributed by atoms with Crippen molar-refractivity contribution in [3.05, 3.63) is 28.2 Å². The quantitative estimate of drug-likeness (QED) is 0.741. The fourth-order valence-corrected chi connectivity index (χ4v) is 1.90. The van der Waals surface area contributed by atoms with Crippen LogP contribution in [0.25, 0.3) is 0 Å². The van der Waals surface area contributed by atoms with Crippen molar-refractivity contribution >= 4 is 46.1 Å². The first-order chi connectivity index (χ1) is 8.43. The summed E-state index contributed by atoms with van der Waals surface area (Å²) in [5, 5.41) is 5.28. The molecule has 0 spiro atoms. The third-order valence-corrected chi connectivity index (χ3v) is 3.56. The van der Waals surface area contributed by atoms with Crippen LogP contribution in [0.15, 0.2) is 22.7 Å². The number of amides is 2. The second kappa shape index (κ2) is 6.80. The average Bonchev–Trinajstić information content (AvgIpc) is 2.30. The van der Waals surface area contributed by atoms with Crippen molar-refractivity contribution in [3.63, 3.8) is 0 Å². The molecule has 0 saturated carbocycles. The Morgan fingerprint density at radius 3 is 2.61 bits per heavy atom. The number of hydrogen-bond acceptors (Lipinski definition) is 3. The first-order valence-electron chi connectivity index (χ1n) is 5.39. The van der Waals surface area contributed by atoms with Crippen molar-refractivity contribution in [3.8, 4) is 0 Å². The molecule has 0 aromatic heterocycles. The maximum atomic E-state index is 11.9. The Balaban J connectivity index is 2.73. The standard InChI is InChI=1S/C12H15BrN2O2S/c1-7-5-9(3-4-10(7)13)15-12(17)11(6-18)14-8(2)16/h3-5,11,18H,6H2,1-2H3,(H,14,16)(H,15,17). The van der Waals surface area contributed by atoms with E-state index in [0.717, 1.165) is 10.0 Å². The van der Waals surface area contributed by atoms with Gasteiger partial charge in [-0.15, -0.1) is 0 Å². The zero-order valence-electron chi connectivity index (χ0n) is 10.2. The van der Waals surface area contributed by atoms with Crippen molar-refractivity contribution in [2.24, 2.45) is 0 Å². The molecule has 1 aromatic rings. The van der Waals surface area contributed by atoms with Crippen LogP contribution in [0.3, 0.4) is 0 Å². The third kappa shape index (κ3) is 4.34. The van der Waals surface area contributed by atoms with Gasteiger partial charge >= 0.3 is 0 Å². The van der Waals surface area contributed by atoms with Crippen LogP contribution in [0.2, 0.25) is 0 Å². The Hall–Kier alpha value is -1.01. The molecule has 6 heteroatoms. The normalized spacial score (nSPS) is 11.8. The lowest BCUT2D eigenvalue weighted by molar-refractivity contribution is -0.124. The van der Waals surface area contributed by atoms with Gasteiger partial charge in [0.05, 0.1) is 0 Å². The highest BCUT2D eigenvalue weighted by Gasteiger charge is 2.17. The number of carbonyl (C=O) groups is 2. The average molecular weight is 331 g/mol. The molecule has 4 nitrogen and oxygen atoms in total. The molecule has 0 aliphatic carbocycles. The molecule has 0 radical (unpaired) electrons. The summed E-state index contributed by atoms with van der Waals surface area (Å²) in [5.74, 6) is -0.279. The van der Waals surface area contributed by atoms with E-state index in [1.807, 2.05) is 19.1 Å². The van der Waals surface area contributed by atoms with E-state index in [0.29, 0.717) is 5.69 Å². The molecule has 0 bridgehead atoms. The van der Waals surface area contributed by atoms with Crippen LogP contribution in [-0.2, 0) is 9.59 Å². The zero-order valence-corrected chi connectivity index (χ0v) is 12.6. The number of benzene rings is 1. The number of halogens is 1. The molecule has 1 atom stereocenters. The van der Waals surface area contributed by atoms with Crippen molar-refractivity contribution in [1.29, 1.82) is 0 Å². The molecule has 1 unspecified atom stereocenters. The minimum absolute atomic E-state index is 0.251.